The molecule has 0 aromatic heterocycles. The molecule has 5 heteroatoms. The largest absolute Gasteiger partial charge is 0.373 e. The van der Waals surface area contributed by atoms with E-state index in [0.717, 1.165) is 31.8 Å². The van der Waals surface area contributed by atoms with Gasteiger partial charge < -0.3 is 15.2 Å². The fourth-order valence-corrected chi connectivity index (χ4v) is 5.96. The summed E-state index contributed by atoms with van der Waals surface area (Å²) in [6.45, 7) is 15.7. The molecular formula is C17H33NO2S2. The van der Waals surface area contributed by atoms with E-state index in [0.29, 0.717) is 18.1 Å². The van der Waals surface area contributed by atoms with Crippen molar-refractivity contribution in [2.45, 2.75) is 81.0 Å². The fraction of sp³-hybridized carbons (Fsp3) is 1.00. The van der Waals surface area contributed by atoms with E-state index in [1.165, 1.54) is 0 Å². The number of nitrogens with two attached hydrogens (primary N) is 1. The molecule has 0 saturated carbocycles. The Morgan fingerprint density at radius 3 is 2.14 bits per heavy atom. The summed E-state index contributed by atoms with van der Waals surface area (Å²) in [6.07, 6.45) is 3.07. The predicted octanol–water partition coefficient (Wildman–Crippen LogP) is 3.90. The third-order valence-electron chi connectivity index (χ3n) is 4.57. The van der Waals surface area contributed by atoms with Crippen LogP contribution in [0.3, 0.4) is 0 Å². The molecule has 2 aliphatic heterocycles. The molecule has 0 bridgehead atoms. The first-order valence-electron chi connectivity index (χ1n) is 8.35. The average Bonchev–Trinajstić information content (AvgIpc) is 3.18. The number of thioether (sulfide) groups is 2. The van der Waals surface area contributed by atoms with Gasteiger partial charge in [0.25, 0.3) is 0 Å². The monoisotopic (exact) mass is 347 g/mol. The summed E-state index contributed by atoms with van der Waals surface area (Å²) in [5.41, 5.74) is 6.65. The van der Waals surface area contributed by atoms with E-state index in [4.69, 9.17) is 15.2 Å². The molecule has 130 valence electrons. The van der Waals surface area contributed by atoms with Crippen LogP contribution in [0.25, 0.3) is 0 Å². The number of hydrogen-bond donors (Lipinski definition) is 1. The minimum atomic E-state index is -0.203. The third-order valence-corrected chi connectivity index (χ3v) is 7.61. The summed E-state index contributed by atoms with van der Waals surface area (Å²) in [5, 5.41) is 0. The zero-order chi connectivity index (χ0) is 16.6. The Kier molecular flexibility index (Phi) is 5.87. The number of hydrogen-bond acceptors (Lipinski definition) is 5. The van der Waals surface area contributed by atoms with Gasteiger partial charge in [0.05, 0.1) is 30.3 Å². The Bertz CT molecular complexity index is 377. The summed E-state index contributed by atoms with van der Waals surface area (Å²) >= 11 is 3.94. The highest BCUT2D eigenvalue weighted by Gasteiger charge is 2.39. The smallest absolute Gasteiger partial charge is 0.0900 e. The lowest BCUT2D eigenvalue weighted by Gasteiger charge is -2.40. The summed E-state index contributed by atoms with van der Waals surface area (Å²) in [7, 11) is 0. The molecule has 4 atom stereocenters. The Labute approximate surface area is 144 Å². The molecule has 2 rings (SSSR count). The van der Waals surface area contributed by atoms with Crippen molar-refractivity contribution in [3.05, 3.63) is 0 Å². The zero-order valence-corrected chi connectivity index (χ0v) is 16.6. The SMILES string of the molecule is CC(CC(C)(N)SC(C)(C)CC1CO1)C(C)(C)SCC1CO1. The van der Waals surface area contributed by atoms with Gasteiger partial charge in [-0.3, -0.25) is 0 Å². The highest BCUT2D eigenvalue weighted by Crippen LogP contribution is 2.45. The van der Waals surface area contributed by atoms with Crippen LogP contribution in [0.4, 0.5) is 0 Å². The average molecular weight is 348 g/mol. The minimum Gasteiger partial charge on any atom is -0.373 e. The van der Waals surface area contributed by atoms with Crippen LogP contribution >= 0.6 is 23.5 Å². The van der Waals surface area contributed by atoms with E-state index >= 15 is 0 Å². The lowest BCUT2D eigenvalue weighted by atomic mass is 9.90. The van der Waals surface area contributed by atoms with E-state index in [9.17, 15) is 0 Å². The molecule has 2 N–H and O–H groups in total. The predicted molar refractivity (Wildman–Crippen MR) is 98.7 cm³/mol. The molecule has 4 unspecified atom stereocenters. The second-order valence-electron chi connectivity index (χ2n) is 8.31. The van der Waals surface area contributed by atoms with Crippen molar-refractivity contribution < 1.29 is 9.47 Å². The maximum absolute atomic E-state index is 6.65. The second kappa shape index (κ2) is 6.83. The molecule has 0 spiro atoms. The maximum Gasteiger partial charge on any atom is 0.0900 e. The topological polar surface area (TPSA) is 51.1 Å². The summed E-state index contributed by atoms with van der Waals surface area (Å²) < 4.78 is 11.1. The number of epoxide rings is 2. The quantitative estimate of drug-likeness (QED) is 0.480. The third kappa shape index (κ3) is 6.60. The van der Waals surface area contributed by atoms with E-state index in [2.05, 4.69) is 41.5 Å². The van der Waals surface area contributed by atoms with Gasteiger partial charge in [0, 0.05) is 15.2 Å². The Balaban J connectivity index is 1.82. The molecule has 3 nitrogen and oxygen atoms in total. The Morgan fingerprint density at radius 2 is 1.64 bits per heavy atom. The van der Waals surface area contributed by atoms with Gasteiger partial charge in [0.2, 0.25) is 0 Å². The Hall–Kier alpha value is 0.580. The fourth-order valence-electron chi connectivity index (χ4n) is 2.92. The molecule has 2 aliphatic rings. The lowest BCUT2D eigenvalue weighted by molar-refractivity contribution is 0.370. The Morgan fingerprint density at radius 1 is 1.09 bits per heavy atom. The molecule has 2 heterocycles. The summed E-state index contributed by atoms with van der Waals surface area (Å²) in [6, 6.07) is 0. The van der Waals surface area contributed by atoms with Crippen LogP contribution in [0.1, 0.15) is 54.4 Å². The molecular weight excluding hydrogens is 314 g/mol. The van der Waals surface area contributed by atoms with E-state index in [1.54, 1.807) is 0 Å². The highest BCUT2D eigenvalue weighted by molar-refractivity contribution is 8.02. The van der Waals surface area contributed by atoms with Crippen LogP contribution < -0.4 is 5.73 Å². The van der Waals surface area contributed by atoms with Crippen LogP contribution in [0.5, 0.6) is 0 Å². The van der Waals surface area contributed by atoms with E-state index < -0.39 is 0 Å². The molecule has 0 aromatic rings. The van der Waals surface area contributed by atoms with Crippen molar-refractivity contribution in [2.75, 3.05) is 19.0 Å². The van der Waals surface area contributed by atoms with Crippen molar-refractivity contribution in [2.24, 2.45) is 11.7 Å². The molecule has 0 radical (unpaired) electrons. The first-order chi connectivity index (χ1) is 9.99. The normalized spacial score (nSPS) is 29.0. The highest BCUT2D eigenvalue weighted by atomic mass is 32.2. The molecule has 22 heavy (non-hydrogen) atoms. The summed E-state index contributed by atoms with van der Waals surface area (Å²) in [4.78, 5) is -0.203. The maximum atomic E-state index is 6.65. The van der Waals surface area contributed by atoms with Crippen LogP contribution in [0, 0.1) is 5.92 Å². The molecule has 2 saturated heterocycles. The first kappa shape index (κ1) is 18.9. The van der Waals surface area contributed by atoms with Crippen LogP contribution in [0.15, 0.2) is 0 Å². The van der Waals surface area contributed by atoms with Gasteiger partial charge in [-0.2, -0.15) is 11.8 Å². The standard InChI is InChI=1S/C17H33NO2S2/c1-12(16(4,5)21-11-14-10-20-14)7-17(6,18)22-15(2,3)8-13-9-19-13/h12-14H,7-11,18H2,1-6H3. The van der Waals surface area contributed by atoms with Crippen LogP contribution in [-0.2, 0) is 9.47 Å². The van der Waals surface area contributed by atoms with Crippen molar-refractivity contribution in [3.8, 4) is 0 Å². The van der Waals surface area contributed by atoms with Gasteiger partial charge >= 0.3 is 0 Å². The van der Waals surface area contributed by atoms with Gasteiger partial charge in [0.1, 0.15) is 0 Å². The second-order valence-corrected chi connectivity index (χ2v) is 12.2. The van der Waals surface area contributed by atoms with Crippen molar-refractivity contribution >= 4 is 23.5 Å². The minimum absolute atomic E-state index is 0.170. The molecule has 2 fully saturated rings. The van der Waals surface area contributed by atoms with Gasteiger partial charge in [-0.25, -0.2) is 0 Å². The van der Waals surface area contributed by atoms with Gasteiger partial charge in [0.15, 0.2) is 0 Å². The van der Waals surface area contributed by atoms with Crippen LogP contribution in [-0.4, -0.2) is 45.5 Å². The summed E-state index contributed by atoms with van der Waals surface area (Å²) in [5.74, 6) is 1.67. The molecule has 0 aromatic carbocycles. The first-order valence-corrected chi connectivity index (χ1v) is 10.2. The van der Waals surface area contributed by atoms with Crippen molar-refractivity contribution in [1.82, 2.24) is 0 Å². The van der Waals surface area contributed by atoms with Crippen molar-refractivity contribution in [3.63, 3.8) is 0 Å². The van der Waals surface area contributed by atoms with E-state index in [-0.39, 0.29) is 14.4 Å². The molecule has 0 amide bonds. The lowest BCUT2D eigenvalue weighted by Crippen LogP contribution is -2.42. The van der Waals surface area contributed by atoms with Gasteiger partial charge in [-0.05, 0) is 25.7 Å². The van der Waals surface area contributed by atoms with Crippen molar-refractivity contribution in [1.29, 1.82) is 0 Å². The zero-order valence-electron chi connectivity index (χ0n) is 15.0. The van der Waals surface area contributed by atoms with Crippen LogP contribution in [0.2, 0.25) is 0 Å². The number of rotatable bonds is 10. The van der Waals surface area contributed by atoms with Gasteiger partial charge in [-0.15, -0.1) is 11.8 Å². The molecule has 0 aliphatic carbocycles. The van der Waals surface area contributed by atoms with E-state index in [1.807, 2.05) is 23.5 Å². The number of ether oxygens (including phenoxy) is 2. The van der Waals surface area contributed by atoms with Gasteiger partial charge in [-0.1, -0.05) is 34.6 Å².